The fourth-order valence-electron chi connectivity index (χ4n) is 2.17. The fourth-order valence-corrected chi connectivity index (χ4v) is 3.61. The molecule has 0 bridgehead atoms. The lowest BCUT2D eigenvalue weighted by Gasteiger charge is -2.20. The van der Waals surface area contributed by atoms with Crippen LogP contribution in [0.4, 0.5) is 0 Å². The highest BCUT2D eigenvalue weighted by Crippen LogP contribution is 2.31. The average Bonchev–Trinajstić information content (AvgIpc) is 2.47. The highest BCUT2D eigenvalue weighted by molar-refractivity contribution is 14.1. The summed E-state index contributed by atoms with van der Waals surface area (Å²) in [6.07, 6.45) is 0.734. The third kappa shape index (κ3) is 4.41. The molecule has 2 rings (SSSR count). The summed E-state index contributed by atoms with van der Waals surface area (Å²) in [5, 5.41) is 0. The molecule has 2 aromatic rings. The quantitative estimate of drug-likeness (QED) is 0.341. The Kier molecular flexibility index (Phi) is 6.49. The maximum Gasteiger partial charge on any atom is 0.122 e. The molecule has 3 N–H and O–H groups in total. The van der Waals surface area contributed by atoms with Crippen molar-refractivity contribution in [2.75, 3.05) is 7.11 Å². The van der Waals surface area contributed by atoms with Crippen LogP contribution in [0.3, 0.4) is 0 Å². The monoisotopic (exact) mass is 524 g/mol. The zero-order valence-electron chi connectivity index (χ0n) is 11.4. The molecule has 0 spiro atoms. The molecule has 1 atom stereocenters. The average molecular weight is 526 g/mol. The molecule has 0 aromatic heterocycles. The first-order valence-electron chi connectivity index (χ1n) is 6.28. The molecular formula is C15H15Br2IN2O. The zero-order valence-corrected chi connectivity index (χ0v) is 16.7. The van der Waals surface area contributed by atoms with Crippen molar-refractivity contribution in [3.63, 3.8) is 0 Å². The molecule has 0 aliphatic rings. The van der Waals surface area contributed by atoms with Crippen molar-refractivity contribution in [3.8, 4) is 5.75 Å². The molecular weight excluding hydrogens is 511 g/mol. The van der Waals surface area contributed by atoms with Gasteiger partial charge in [0.2, 0.25) is 0 Å². The van der Waals surface area contributed by atoms with Crippen LogP contribution in [0.15, 0.2) is 45.3 Å². The van der Waals surface area contributed by atoms with E-state index >= 15 is 0 Å². The fraction of sp³-hybridized carbons (Fsp3) is 0.200. The van der Waals surface area contributed by atoms with Gasteiger partial charge in [-0.15, -0.1) is 0 Å². The minimum Gasteiger partial charge on any atom is -0.496 e. The van der Waals surface area contributed by atoms with E-state index in [0.717, 1.165) is 32.2 Å². The van der Waals surface area contributed by atoms with E-state index in [4.69, 9.17) is 10.6 Å². The summed E-state index contributed by atoms with van der Waals surface area (Å²) in [5.74, 6) is 6.64. The summed E-state index contributed by atoms with van der Waals surface area (Å²) >= 11 is 9.40. The second kappa shape index (κ2) is 7.92. The standard InChI is InChI=1S/C15H15Br2IN2O/c1-21-15-5-2-10(16)6-9(15)7-14(20-19)12-8-11(18)3-4-13(12)17/h2-6,8,14,20H,7,19H2,1H3. The van der Waals surface area contributed by atoms with Gasteiger partial charge in [-0.3, -0.25) is 11.3 Å². The van der Waals surface area contributed by atoms with Gasteiger partial charge in [0.15, 0.2) is 0 Å². The van der Waals surface area contributed by atoms with Crippen LogP contribution in [-0.4, -0.2) is 7.11 Å². The van der Waals surface area contributed by atoms with Crippen LogP contribution in [0.1, 0.15) is 17.2 Å². The number of methoxy groups -OCH3 is 1. The van der Waals surface area contributed by atoms with E-state index in [2.05, 4.69) is 78.1 Å². The van der Waals surface area contributed by atoms with Crippen molar-refractivity contribution in [1.82, 2.24) is 5.43 Å². The Morgan fingerprint density at radius 2 is 2.00 bits per heavy atom. The molecule has 0 saturated carbocycles. The van der Waals surface area contributed by atoms with Crippen LogP contribution in [0.5, 0.6) is 5.75 Å². The lowest BCUT2D eigenvalue weighted by Crippen LogP contribution is -2.30. The maximum atomic E-state index is 5.78. The normalized spacial score (nSPS) is 12.2. The molecule has 6 heteroatoms. The van der Waals surface area contributed by atoms with Gasteiger partial charge in [0, 0.05) is 12.5 Å². The van der Waals surface area contributed by atoms with E-state index in [0.29, 0.717) is 0 Å². The zero-order chi connectivity index (χ0) is 15.4. The number of halogens is 3. The van der Waals surface area contributed by atoms with E-state index < -0.39 is 0 Å². The molecule has 0 saturated heterocycles. The van der Waals surface area contributed by atoms with Crippen molar-refractivity contribution >= 4 is 54.5 Å². The number of hydrazine groups is 1. The van der Waals surface area contributed by atoms with Gasteiger partial charge >= 0.3 is 0 Å². The van der Waals surface area contributed by atoms with Crippen molar-refractivity contribution in [1.29, 1.82) is 0 Å². The molecule has 1 unspecified atom stereocenters. The molecule has 21 heavy (non-hydrogen) atoms. The van der Waals surface area contributed by atoms with Crippen LogP contribution in [0.25, 0.3) is 0 Å². The highest BCUT2D eigenvalue weighted by Gasteiger charge is 2.16. The molecule has 0 fully saturated rings. The van der Waals surface area contributed by atoms with Gasteiger partial charge in [-0.05, 0) is 76.5 Å². The van der Waals surface area contributed by atoms with Crippen LogP contribution in [-0.2, 0) is 6.42 Å². The lowest BCUT2D eigenvalue weighted by atomic mass is 9.99. The SMILES string of the molecule is COc1ccc(Br)cc1CC(NN)c1cc(I)ccc1Br. The van der Waals surface area contributed by atoms with E-state index in [1.54, 1.807) is 7.11 Å². The largest absolute Gasteiger partial charge is 0.496 e. The Morgan fingerprint density at radius 1 is 1.24 bits per heavy atom. The summed E-state index contributed by atoms with van der Waals surface area (Å²) in [6, 6.07) is 12.2. The van der Waals surface area contributed by atoms with Gasteiger partial charge in [-0.1, -0.05) is 31.9 Å². The smallest absolute Gasteiger partial charge is 0.122 e. The van der Waals surface area contributed by atoms with Crippen molar-refractivity contribution in [2.45, 2.75) is 12.5 Å². The topological polar surface area (TPSA) is 47.3 Å². The van der Waals surface area contributed by atoms with Crippen LogP contribution in [0.2, 0.25) is 0 Å². The van der Waals surface area contributed by atoms with Crippen LogP contribution >= 0.6 is 54.5 Å². The highest BCUT2D eigenvalue weighted by atomic mass is 127. The number of ether oxygens (including phenoxy) is 1. The summed E-state index contributed by atoms with van der Waals surface area (Å²) < 4.78 is 8.67. The summed E-state index contributed by atoms with van der Waals surface area (Å²) in [6.45, 7) is 0. The number of hydrogen-bond acceptors (Lipinski definition) is 3. The third-order valence-corrected chi connectivity index (χ3v) is 5.09. The molecule has 2 aromatic carbocycles. The molecule has 0 aliphatic heterocycles. The van der Waals surface area contributed by atoms with Crippen molar-refractivity contribution in [3.05, 3.63) is 60.0 Å². The molecule has 0 amide bonds. The second-order valence-electron chi connectivity index (χ2n) is 4.55. The van der Waals surface area contributed by atoms with E-state index in [1.807, 2.05) is 18.2 Å². The number of nitrogens with two attached hydrogens (primary N) is 1. The van der Waals surface area contributed by atoms with Crippen LogP contribution in [0, 0.1) is 3.57 Å². The second-order valence-corrected chi connectivity index (χ2v) is 7.56. The number of benzene rings is 2. The minimum atomic E-state index is -0.00251. The van der Waals surface area contributed by atoms with Crippen molar-refractivity contribution in [2.24, 2.45) is 5.84 Å². The molecule has 112 valence electrons. The predicted octanol–water partition coefficient (Wildman–Crippen LogP) is 4.57. The maximum absolute atomic E-state index is 5.78. The van der Waals surface area contributed by atoms with E-state index in [1.165, 1.54) is 3.57 Å². The van der Waals surface area contributed by atoms with Gasteiger partial charge < -0.3 is 4.74 Å². The first-order valence-corrected chi connectivity index (χ1v) is 8.95. The lowest BCUT2D eigenvalue weighted by molar-refractivity contribution is 0.405. The first kappa shape index (κ1) is 17.2. The Hall–Kier alpha value is -0.150. The summed E-state index contributed by atoms with van der Waals surface area (Å²) in [7, 11) is 1.68. The minimum absolute atomic E-state index is 0.00251. The summed E-state index contributed by atoms with van der Waals surface area (Å²) in [5.41, 5.74) is 5.13. The molecule has 0 aliphatic carbocycles. The Labute approximate surface area is 155 Å². The number of rotatable bonds is 5. The Balaban J connectivity index is 2.35. The van der Waals surface area contributed by atoms with Gasteiger partial charge in [-0.2, -0.15) is 0 Å². The summed E-state index contributed by atoms with van der Waals surface area (Å²) in [4.78, 5) is 0. The predicted molar refractivity (Wildman–Crippen MR) is 101 cm³/mol. The van der Waals surface area contributed by atoms with Gasteiger partial charge in [-0.25, -0.2) is 0 Å². The first-order chi connectivity index (χ1) is 10.0. The Morgan fingerprint density at radius 3 is 2.67 bits per heavy atom. The van der Waals surface area contributed by atoms with Crippen LogP contribution < -0.4 is 16.0 Å². The van der Waals surface area contributed by atoms with Gasteiger partial charge in [0.25, 0.3) is 0 Å². The van der Waals surface area contributed by atoms with E-state index in [9.17, 15) is 0 Å². The van der Waals surface area contributed by atoms with Crippen molar-refractivity contribution < 1.29 is 4.74 Å². The number of hydrogen-bond donors (Lipinski definition) is 2. The third-order valence-electron chi connectivity index (χ3n) is 3.20. The van der Waals surface area contributed by atoms with E-state index in [-0.39, 0.29) is 6.04 Å². The molecule has 0 radical (unpaired) electrons. The van der Waals surface area contributed by atoms with Gasteiger partial charge in [0.05, 0.1) is 13.2 Å². The molecule has 3 nitrogen and oxygen atoms in total. The number of nitrogens with one attached hydrogen (secondary N) is 1. The Bertz CT molecular complexity index is 637. The van der Waals surface area contributed by atoms with Gasteiger partial charge in [0.1, 0.15) is 5.75 Å². The molecule has 0 heterocycles.